The molecule has 10 heteroatoms. The predicted octanol–water partition coefficient (Wildman–Crippen LogP) is 2.98. The van der Waals surface area contributed by atoms with Gasteiger partial charge in [-0.1, -0.05) is 0 Å². The van der Waals surface area contributed by atoms with Gasteiger partial charge in [0.1, 0.15) is 23.2 Å². The Bertz CT molecular complexity index is 913. The molecule has 0 saturated heterocycles. The minimum atomic E-state index is -0.694. The van der Waals surface area contributed by atoms with Gasteiger partial charge in [0.2, 0.25) is 0 Å². The second-order valence-corrected chi connectivity index (χ2v) is 5.95. The Morgan fingerprint density at radius 2 is 2.14 bits per heavy atom. The molecule has 8 nitrogen and oxygen atoms in total. The molecule has 1 N–H and O–H groups in total. The van der Waals surface area contributed by atoms with Crippen molar-refractivity contribution in [1.82, 2.24) is 9.97 Å². The van der Waals surface area contributed by atoms with Crippen molar-refractivity contribution in [3.05, 3.63) is 52.7 Å². The average Bonchev–Trinajstić information content (AvgIpc) is 2.72. The van der Waals surface area contributed by atoms with Crippen LogP contribution in [-0.4, -0.2) is 43.0 Å². The monoisotopic (exact) mass is 404 g/mol. The smallest absolute Gasteiger partial charge is 0.196 e. The molecule has 28 heavy (non-hydrogen) atoms. The number of hydrogen-bond donors (Lipinski definition) is 1. The molecule has 0 unspecified atom stereocenters. The average molecular weight is 404 g/mol. The lowest BCUT2D eigenvalue weighted by Gasteiger charge is -2.14. The lowest BCUT2D eigenvalue weighted by molar-refractivity contribution is 0.0501. The number of halogens is 1. The number of methoxy groups -OCH3 is 2. The standard InChI is InChI=1S/C18H17FN4O4S/c1-25-10-27-14-5-4-12(19)18(26-2)17(14)13(24)6-16(28-3)23-15-9-21-11(7-20)8-22-15/h4-6,8-9H,10H2,1-3H3,(H,22,23)/b16-6-. The molecule has 0 saturated carbocycles. The Morgan fingerprint density at radius 3 is 2.71 bits per heavy atom. The van der Waals surface area contributed by atoms with Gasteiger partial charge in [-0.3, -0.25) is 4.79 Å². The van der Waals surface area contributed by atoms with Gasteiger partial charge in [-0.05, 0) is 18.4 Å². The van der Waals surface area contributed by atoms with Crippen LogP contribution in [-0.2, 0) is 4.74 Å². The van der Waals surface area contributed by atoms with Crippen molar-refractivity contribution in [3.8, 4) is 17.6 Å². The highest BCUT2D eigenvalue weighted by Crippen LogP contribution is 2.33. The van der Waals surface area contributed by atoms with Gasteiger partial charge in [0.25, 0.3) is 0 Å². The Morgan fingerprint density at radius 1 is 1.36 bits per heavy atom. The van der Waals surface area contributed by atoms with Crippen LogP contribution in [0.5, 0.6) is 11.5 Å². The number of aromatic nitrogens is 2. The maximum absolute atomic E-state index is 14.1. The van der Waals surface area contributed by atoms with Gasteiger partial charge >= 0.3 is 0 Å². The highest BCUT2D eigenvalue weighted by Gasteiger charge is 2.21. The van der Waals surface area contributed by atoms with Crippen LogP contribution in [0.25, 0.3) is 0 Å². The van der Waals surface area contributed by atoms with Gasteiger partial charge in [-0.2, -0.15) is 5.26 Å². The first kappa shape index (κ1) is 21.1. The van der Waals surface area contributed by atoms with Crippen LogP contribution in [0, 0.1) is 17.1 Å². The summed E-state index contributed by atoms with van der Waals surface area (Å²) in [6.07, 6.45) is 5.67. The number of ether oxygens (including phenoxy) is 3. The van der Waals surface area contributed by atoms with Crippen LogP contribution in [0.1, 0.15) is 16.1 Å². The summed E-state index contributed by atoms with van der Waals surface area (Å²) >= 11 is 1.24. The molecule has 0 aliphatic rings. The second-order valence-electron chi connectivity index (χ2n) is 5.11. The minimum absolute atomic E-state index is 0.0705. The Labute approximate surface area is 165 Å². The third-order valence-electron chi connectivity index (χ3n) is 3.35. The van der Waals surface area contributed by atoms with Crippen molar-refractivity contribution < 1.29 is 23.4 Å². The summed E-state index contributed by atoms with van der Waals surface area (Å²) in [5.74, 6) is -0.996. The molecule has 1 aromatic heterocycles. The zero-order valence-electron chi connectivity index (χ0n) is 15.4. The fourth-order valence-electron chi connectivity index (χ4n) is 2.13. The number of thioether (sulfide) groups is 1. The van der Waals surface area contributed by atoms with E-state index in [2.05, 4.69) is 15.3 Å². The number of carbonyl (C=O) groups excluding carboxylic acids is 1. The number of anilines is 1. The zero-order valence-corrected chi connectivity index (χ0v) is 16.2. The van der Waals surface area contributed by atoms with Crippen LogP contribution in [0.4, 0.5) is 10.2 Å². The molecule has 1 heterocycles. The highest BCUT2D eigenvalue weighted by atomic mass is 32.2. The van der Waals surface area contributed by atoms with E-state index in [0.29, 0.717) is 10.8 Å². The van der Waals surface area contributed by atoms with Gasteiger partial charge in [-0.25, -0.2) is 14.4 Å². The summed E-state index contributed by atoms with van der Waals surface area (Å²) in [7, 11) is 2.69. The van der Waals surface area contributed by atoms with Crippen molar-refractivity contribution in [3.63, 3.8) is 0 Å². The van der Waals surface area contributed by atoms with Crippen LogP contribution in [0.2, 0.25) is 0 Å². The van der Waals surface area contributed by atoms with E-state index < -0.39 is 11.6 Å². The quantitative estimate of drug-likeness (QED) is 0.383. The summed E-state index contributed by atoms with van der Waals surface area (Å²) < 4.78 is 29.4. The van der Waals surface area contributed by atoms with E-state index in [0.717, 1.165) is 6.07 Å². The van der Waals surface area contributed by atoms with Crippen molar-refractivity contribution in [1.29, 1.82) is 5.26 Å². The normalized spacial score (nSPS) is 10.9. The molecule has 146 valence electrons. The second kappa shape index (κ2) is 10.2. The van der Waals surface area contributed by atoms with Crippen molar-refractivity contribution in [2.24, 2.45) is 0 Å². The predicted molar refractivity (Wildman–Crippen MR) is 102 cm³/mol. The number of carbonyl (C=O) groups is 1. The van der Waals surface area contributed by atoms with Gasteiger partial charge in [0.15, 0.2) is 29.8 Å². The van der Waals surface area contributed by atoms with E-state index in [1.807, 2.05) is 6.07 Å². The van der Waals surface area contributed by atoms with Crippen molar-refractivity contribution >= 4 is 23.4 Å². The number of nitrogens with one attached hydrogen (secondary N) is 1. The van der Waals surface area contributed by atoms with Gasteiger partial charge in [0, 0.05) is 13.2 Å². The maximum Gasteiger partial charge on any atom is 0.196 e. The molecule has 0 atom stereocenters. The van der Waals surface area contributed by atoms with E-state index in [-0.39, 0.29) is 29.5 Å². The van der Waals surface area contributed by atoms with Crippen molar-refractivity contribution in [2.45, 2.75) is 0 Å². The fraction of sp³-hybridized carbons (Fsp3) is 0.222. The van der Waals surface area contributed by atoms with E-state index in [1.54, 1.807) is 6.26 Å². The highest BCUT2D eigenvalue weighted by molar-refractivity contribution is 8.02. The number of rotatable bonds is 9. The molecule has 1 aromatic carbocycles. The van der Waals surface area contributed by atoms with E-state index >= 15 is 0 Å². The molecule has 0 aliphatic heterocycles. The minimum Gasteiger partial charge on any atom is -0.493 e. The number of hydrogen-bond acceptors (Lipinski definition) is 9. The van der Waals surface area contributed by atoms with Gasteiger partial charge in [-0.15, -0.1) is 11.8 Å². The Hall–Kier alpha value is -3.16. The molecular formula is C18H17FN4O4S. The Kier molecular flexibility index (Phi) is 7.74. The first-order valence-corrected chi connectivity index (χ1v) is 9.03. The first-order chi connectivity index (χ1) is 13.5. The third kappa shape index (κ3) is 5.18. The van der Waals surface area contributed by atoms with Gasteiger partial charge in [0.05, 0.1) is 24.5 Å². The van der Waals surface area contributed by atoms with Gasteiger partial charge < -0.3 is 19.5 Å². The largest absolute Gasteiger partial charge is 0.493 e. The number of nitrogens with zero attached hydrogens (tertiary/aromatic N) is 3. The van der Waals surface area contributed by atoms with Crippen LogP contribution < -0.4 is 14.8 Å². The summed E-state index contributed by atoms with van der Waals surface area (Å²) in [6.45, 7) is -0.118. The number of ketones is 1. The van der Waals surface area contributed by atoms with Crippen LogP contribution in [0.3, 0.4) is 0 Å². The Balaban J connectivity index is 2.36. The zero-order chi connectivity index (χ0) is 20.5. The molecular weight excluding hydrogens is 387 g/mol. The lowest BCUT2D eigenvalue weighted by Crippen LogP contribution is -2.09. The summed E-state index contributed by atoms with van der Waals surface area (Å²) in [4.78, 5) is 20.8. The van der Waals surface area contributed by atoms with Crippen molar-refractivity contribution in [2.75, 3.05) is 32.6 Å². The molecule has 0 amide bonds. The molecule has 0 bridgehead atoms. The maximum atomic E-state index is 14.1. The third-order valence-corrected chi connectivity index (χ3v) is 4.01. The first-order valence-electron chi connectivity index (χ1n) is 7.81. The fourth-order valence-corrected chi connectivity index (χ4v) is 2.56. The number of benzene rings is 1. The molecule has 0 spiro atoms. The topological polar surface area (TPSA) is 106 Å². The SMILES string of the molecule is COCOc1ccc(F)c(OC)c1C(=O)/C=C(/Nc1cnc(C#N)cn1)SC. The molecule has 0 fully saturated rings. The molecule has 2 aromatic rings. The van der Waals surface area contributed by atoms with E-state index in [1.165, 1.54) is 50.5 Å². The number of allylic oxidation sites excluding steroid dienone is 1. The molecule has 0 radical (unpaired) electrons. The summed E-state index contributed by atoms with van der Waals surface area (Å²) in [5, 5.41) is 12.1. The summed E-state index contributed by atoms with van der Waals surface area (Å²) in [5.41, 5.74) is 0.0968. The van der Waals surface area contributed by atoms with Crippen LogP contribution in [0.15, 0.2) is 35.6 Å². The van der Waals surface area contributed by atoms with Crippen LogP contribution >= 0.6 is 11.8 Å². The van der Waals surface area contributed by atoms with E-state index in [9.17, 15) is 9.18 Å². The van der Waals surface area contributed by atoms with E-state index in [4.69, 9.17) is 19.5 Å². The molecule has 2 rings (SSSR count). The number of nitriles is 1. The lowest BCUT2D eigenvalue weighted by atomic mass is 10.1. The summed E-state index contributed by atoms with van der Waals surface area (Å²) in [6, 6.07) is 4.34. The molecule has 0 aliphatic carbocycles.